The van der Waals surface area contributed by atoms with Crippen LogP contribution in [0.1, 0.15) is 122 Å². The highest BCUT2D eigenvalue weighted by Crippen LogP contribution is 2.10. The van der Waals surface area contributed by atoms with Gasteiger partial charge in [-0.15, -0.1) is 0 Å². The van der Waals surface area contributed by atoms with Gasteiger partial charge in [0.05, 0.1) is 19.3 Å². The fourth-order valence-electron chi connectivity index (χ4n) is 3.89. The predicted molar refractivity (Wildman–Crippen MR) is 145 cm³/mol. The number of aliphatic carboxylic acids is 1. The number of unbranched alkanes of at least 4 members (excludes halogenated alkanes) is 14. The highest BCUT2D eigenvalue weighted by atomic mass is 16.5. The van der Waals surface area contributed by atoms with Crippen molar-refractivity contribution in [3.63, 3.8) is 0 Å². The molecule has 0 saturated carbocycles. The zero-order valence-electron chi connectivity index (χ0n) is 22.9. The van der Waals surface area contributed by atoms with Crippen LogP contribution < -0.4 is 0 Å². The zero-order valence-corrected chi connectivity index (χ0v) is 22.9. The summed E-state index contributed by atoms with van der Waals surface area (Å²) < 4.78 is 11.7. The number of carboxylic acid groups (broad SMARTS) is 1. The molecule has 0 aliphatic carbocycles. The molecule has 34 heavy (non-hydrogen) atoms. The molecular weight excluding hydrogens is 426 g/mol. The summed E-state index contributed by atoms with van der Waals surface area (Å²) in [5.41, 5.74) is 0. The van der Waals surface area contributed by atoms with Crippen LogP contribution >= 0.6 is 0 Å². The summed E-state index contributed by atoms with van der Waals surface area (Å²) in [6.07, 6.45) is 26.2. The maximum absolute atomic E-state index is 10.5. The van der Waals surface area contributed by atoms with Crippen LogP contribution in [-0.2, 0) is 14.3 Å². The quantitative estimate of drug-likeness (QED) is 0.0961. The lowest BCUT2D eigenvalue weighted by Crippen LogP contribution is -2.37. The molecule has 0 bridgehead atoms. The molecule has 0 aliphatic heterocycles. The zero-order chi connectivity index (χ0) is 25.1. The second kappa shape index (κ2) is 26.7. The molecule has 1 atom stereocenters. The van der Waals surface area contributed by atoms with Crippen LogP contribution in [0.5, 0.6) is 0 Å². The van der Waals surface area contributed by atoms with E-state index in [0.717, 1.165) is 32.3 Å². The molecule has 0 aliphatic rings. The Morgan fingerprint density at radius 3 is 1.62 bits per heavy atom. The van der Waals surface area contributed by atoms with E-state index in [2.05, 4.69) is 38.1 Å². The average molecular weight is 484 g/mol. The van der Waals surface area contributed by atoms with Crippen molar-refractivity contribution in [1.82, 2.24) is 4.90 Å². The Morgan fingerprint density at radius 2 is 1.15 bits per heavy atom. The van der Waals surface area contributed by atoms with E-state index in [0.29, 0.717) is 19.8 Å². The van der Waals surface area contributed by atoms with Crippen molar-refractivity contribution < 1.29 is 19.4 Å². The third-order valence-electron chi connectivity index (χ3n) is 6.33. The van der Waals surface area contributed by atoms with E-state index in [-0.39, 0.29) is 12.5 Å². The summed E-state index contributed by atoms with van der Waals surface area (Å²) in [5.74, 6) is -0.715. The van der Waals surface area contributed by atoms with Gasteiger partial charge in [0.2, 0.25) is 0 Å². The van der Waals surface area contributed by atoms with Crippen LogP contribution in [0.3, 0.4) is 0 Å². The lowest BCUT2D eigenvalue weighted by molar-refractivity contribution is -0.137. The number of hydrogen-bond donors (Lipinski definition) is 1. The van der Waals surface area contributed by atoms with Gasteiger partial charge in [0, 0.05) is 19.6 Å². The van der Waals surface area contributed by atoms with Crippen molar-refractivity contribution >= 4 is 5.97 Å². The van der Waals surface area contributed by atoms with Gasteiger partial charge in [-0.3, -0.25) is 4.79 Å². The molecule has 0 aromatic heterocycles. The first-order valence-corrected chi connectivity index (χ1v) is 14.3. The number of carbonyl (C=O) groups is 1. The fourth-order valence-corrected chi connectivity index (χ4v) is 3.89. The number of rotatable bonds is 27. The number of likely N-dealkylation sites (N-methyl/N-ethyl adjacent to an activating group) is 1. The monoisotopic (exact) mass is 483 g/mol. The topological polar surface area (TPSA) is 59.0 Å². The Kier molecular flexibility index (Phi) is 26.0. The average Bonchev–Trinajstić information content (AvgIpc) is 2.80. The molecule has 0 heterocycles. The molecule has 0 aromatic rings. The summed E-state index contributed by atoms with van der Waals surface area (Å²) >= 11 is 0. The SMILES string of the molecule is CCCCCCCCC=CCCCCCCCCOCC(COCCCCCC(=O)O)N(C)C. The van der Waals surface area contributed by atoms with Crippen molar-refractivity contribution in [3.05, 3.63) is 12.2 Å². The highest BCUT2D eigenvalue weighted by molar-refractivity contribution is 5.66. The Labute approximate surface area is 211 Å². The fraction of sp³-hybridized carbons (Fsp3) is 0.897. The minimum atomic E-state index is -0.715. The molecule has 0 fully saturated rings. The van der Waals surface area contributed by atoms with Gasteiger partial charge in [-0.2, -0.15) is 0 Å². The van der Waals surface area contributed by atoms with E-state index in [9.17, 15) is 4.79 Å². The van der Waals surface area contributed by atoms with Crippen LogP contribution in [-0.4, -0.2) is 62.5 Å². The van der Waals surface area contributed by atoms with E-state index in [1.165, 1.54) is 83.5 Å². The number of allylic oxidation sites excluding steroid dienone is 2. The normalized spacial score (nSPS) is 12.7. The van der Waals surface area contributed by atoms with Crippen LogP contribution in [0.25, 0.3) is 0 Å². The van der Waals surface area contributed by atoms with Crippen LogP contribution in [0.2, 0.25) is 0 Å². The van der Waals surface area contributed by atoms with Crippen LogP contribution in [0, 0.1) is 0 Å². The number of carboxylic acids is 1. The molecule has 0 rings (SSSR count). The molecule has 0 amide bonds. The number of hydrogen-bond acceptors (Lipinski definition) is 4. The lowest BCUT2D eigenvalue weighted by Gasteiger charge is -2.24. The van der Waals surface area contributed by atoms with Crippen molar-refractivity contribution in [3.8, 4) is 0 Å². The molecular formula is C29H57NO4. The predicted octanol–water partition coefficient (Wildman–Crippen LogP) is 7.63. The Hall–Kier alpha value is -0.910. The molecule has 202 valence electrons. The Balaban J connectivity index is 3.42. The van der Waals surface area contributed by atoms with E-state index in [1.54, 1.807) is 0 Å². The molecule has 5 nitrogen and oxygen atoms in total. The molecule has 0 radical (unpaired) electrons. The summed E-state index contributed by atoms with van der Waals surface area (Å²) in [7, 11) is 4.13. The summed E-state index contributed by atoms with van der Waals surface area (Å²) in [4.78, 5) is 12.7. The van der Waals surface area contributed by atoms with E-state index >= 15 is 0 Å². The maximum atomic E-state index is 10.5. The van der Waals surface area contributed by atoms with Gasteiger partial charge in [0.1, 0.15) is 0 Å². The molecule has 0 aromatic carbocycles. The first kappa shape index (κ1) is 33.1. The van der Waals surface area contributed by atoms with Crippen LogP contribution in [0.4, 0.5) is 0 Å². The Morgan fingerprint density at radius 1 is 0.706 bits per heavy atom. The van der Waals surface area contributed by atoms with Gasteiger partial charge in [-0.05, 0) is 59.0 Å². The van der Waals surface area contributed by atoms with Gasteiger partial charge in [-0.25, -0.2) is 0 Å². The highest BCUT2D eigenvalue weighted by Gasteiger charge is 2.11. The molecule has 0 saturated heterocycles. The second-order valence-electron chi connectivity index (χ2n) is 9.91. The van der Waals surface area contributed by atoms with Gasteiger partial charge in [0.15, 0.2) is 0 Å². The van der Waals surface area contributed by atoms with Gasteiger partial charge in [-0.1, -0.05) is 83.3 Å². The standard InChI is InChI=1S/C29H57NO4/c1-4-5-6-7-8-9-10-11-12-13-14-15-16-17-18-21-24-33-26-28(30(2)3)27-34-25-22-19-20-23-29(31)32/h11-12,28H,4-10,13-27H2,1-3H3,(H,31,32). The maximum Gasteiger partial charge on any atom is 0.303 e. The van der Waals surface area contributed by atoms with E-state index < -0.39 is 5.97 Å². The lowest BCUT2D eigenvalue weighted by atomic mass is 10.1. The van der Waals surface area contributed by atoms with Gasteiger partial charge >= 0.3 is 5.97 Å². The van der Waals surface area contributed by atoms with E-state index in [1.807, 2.05) is 0 Å². The molecule has 0 spiro atoms. The first-order valence-electron chi connectivity index (χ1n) is 14.3. The first-order chi connectivity index (χ1) is 16.6. The minimum Gasteiger partial charge on any atom is -0.481 e. The smallest absolute Gasteiger partial charge is 0.303 e. The minimum absolute atomic E-state index is 0.255. The van der Waals surface area contributed by atoms with Crippen molar-refractivity contribution in [2.75, 3.05) is 40.5 Å². The second-order valence-corrected chi connectivity index (χ2v) is 9.91. The molecule has 1 unspecified atom stereocenters. The molecule has 1 N–H and O–H groups in total. The van der Waals surface area contributed by atoms with Crippen molar-refractivity contribution in [2.45, 2.75) is 129 Å². The van der Waals surface area contributed by atoms with E-state index in [4.69, 9.17) is 14.6 Å². The molecule has 5 heteroatoms. The third-order valence-corrected chi connectivity index (χ3v) is 6.33. The largest absolute Gasteiger partial charge is 0.481 e. The number of nitrogens with zero attached hydrogens (tertiary/aromatic N) is 1. The van der Waals surface area contributed by atoms with Crippen molar-refractivity contribution in [2.24, 2.45) is 0 Å². The van der Waals surface area contributed by atoms with Crippen LogP contribution in [0.15, 0.2) is 12.2 Å². The summed E-state index contributed by atoms with van der Waals surface area (Å²) in [5, 5.41) is 8.64. The van der Waals surface area contributed by atoms with Crippen molar-refractivity contribution in [1.29, 1.82) is 0 Å². The Bertz CT molecular complexity index is 453. The van der Waals surface area contributed by atoms with Gasteiger partial charge in [0.25, 0.3) is 0 Å². The number of ether oxygens (including phenoxy) is 2. The summed E-state index contributed by atoms with van der Waals surface area (Å²) in [6, 6.07) is 0.271. The summed E-state index contributed by atoms with van der Waals surface area (Å²) in [6.45, 7) is 5.17. The van der Waals surface area contributed by atoms with Gasteiger partial charge < -0.3 is 19.5 Å². The third kappa shape index (κ3) is 25.7.